The van der Waals surface area contributed by atoms with E-state index in [4.69, 9.17) is 37.4 Å². The summed E-state index contributed by atoms with van der Waals surface area (Å²) in [6, 6.07) is 17.9. The van der Waals surface area contributed by atoms with E-state index in [1.165, 1.54) is 0 Å². The molecule has 2 heterocycles. The molecule has 0 atom stereocenters. The smallest absolute Gasteiger partial charge is 0.335 e. The van der Waals surface area contributed by atoms with Crippen LogP contribution in [0.1, 0.15) is 48.4 Å². The number of carbonyl (C=O) groups is 1. The maximum atomic E-state index is 11.4. The molecule has 0 radical (unpaired) electrons. The molecule has 7 nitrogen and oxygen atoms in total. The summed E-state index contributed by atoms with van der Waals surface area (Å²) in [6.07, 6.45) is 0. The molecule has 0 aliphatic heterocycles. The summed E-state index contributed by atoms with van der Waals surface area (Å²) < 4.78 is 13.8. The number of nitrogens with zero attached hydrogens (tertiary/aromatic N) is 3. The van der Waals surface area contributed by atoms with Crippen molar-refractivity contribution in [3.05, 3.63) is 87.6 Å². The van der Waals surface area contributed by atoms with E-state index in [0.717, 1.165) is 28.0 Å². The number of fused-ring (bicyclic) bond motifs is 1. The summed E-state index contributed by atoms with van der Waals surface area (Å²) in [5.41, 5.74) is 4.62. The second-order valence-corrected chi connectivity index (χ2v) is 9.94. The second-order valence-electron chi connectivity index (χ2n) is 9.13. The molecule has 0 bridgehead atoms. The molecule has 0 saturated carbocycles. The van der Waals surface area contributed by atoms with Crippen LogP contribution in [0.3, 0.4) is 0 Å². The SMILES string of the molecule is CCn1c(-c2ccc(OCc3c(-c4c(Cl)cccc4Cl)noc3C(C)C)cc2)nc2ccc(C(=O)O)cc21. The highest BCUT2D eigenvalue weighted by Gasteiger charge is 2.24. The zero-order valence-corrected chi connectivity index (χ0v) is 22.5. The van der Waals surface area contributed by atoms with Crippen LogP contribution < -0.4 is 4.74 Å². The zero-order valence-electron chi connectivity index (χ0n) is 21.0. The minimum atomic E-state index is -0.966. The Labute approximate surface area is 229 Å². The average Bonchev–Trinajstić information content (AvgIpc) is 3.48. The Kier molecular flexibility index (Phi) is 7.15. The first-order valence-electron chi connectivity index (χ1n) is 12.2. The average molecular weight is 550 g/mol. The molecule has 2 aromatic heterocycles. The van der Waals surface area contributed by atoms with E-state index >= 15 is 0 Å². The Morgan fingerprint density at radius 2 is 1.79 bits per heavy atom. The predicted octanol–water partition coefficient (Wildman–Crippen LogP) is 8.09. The Morgan fingerprint density at radius 3 is 2.42 bits per heavy atom. The van der Waals surface area contributed by atoms with Gasteiger partial charge >= 0.3 is 5.97 Å². The van der Waals surface area contributed by atoms with E-state index in [1.54, 1.807) is 36.4 Å². The number of hydrogen-bond donors (Lipinski definition) is 1. The summed E-state index contributed by atoms with van der Waals surface area (Å²) in [7, 11) is 0. The molecule has 0 fully saturated rings. The van der Waals surface area contributed by atoms with Gasteiger partial charge in [0.05, 0.1) is 32.2 Å². The van der Waals surface area contributed by atoms with E-state index in [0.29, 0.717) is 39.4 Å². The van der Waals surface area contributed by atoms with Crippen molar-refractivity contribution < 1.29 is 19.2 Å². The van der Waals surface area contributed by atoms with Crippen molar-refractivity contribution in [2.75, 3.05) is 0 Å². The van der Waals surface area contributed by atoms with Crippen LogP contribution in [0.2, 0.25) is 10.0 Å². The zero-order chi connectivity index (χ0) is 27.0. The molecule has 1 N–H and O–H groups in total. The van der Waals surface area contributed by atoms with Crippen LogP contribution in [0.15, 0.2) is 65.2 Å². The molecule has 3 aromatic carbocycles. The van der Waals surface area contributed by atoms with Crippen molar-refractivity contribution in [1.82, 2.24) is 14.7 Å². The topological polar surface area (TPSA) is 90.4 Å². The largest absolute Gasteiger partial charge is 0.489 e. The number of imidazole rings is 1. The van der Waals surface area contributed by atoms with Crippen molar-refractivity contribution in [1.29, 1.82) is 0 Å². The van der Waals surface area contributed by atoms with Crippen LogP contribution in [-0.2, 0) is 13.2 Å². The van der Waals surface area contributed by atoms with Crippen molar-refractivity contribution in [3.8, 4) is 28.4 Å². The standard InChI is InChI=1S/C29H25Cl2N3O4/c1-4-34-24-14-18(29(35)36)10-13-23(24)32-28(34)17-8-11-19(12-9-17)37-15-20-26(33-38-27(20)16(2)3)25-21(30)6-5-7-22(25)31/h5-14,16H,4,15H2,1-3H3,(H,35,36). The van der Waals surface area contributed by atoms with Gasteiger partial charge in [-0.15, -0.1) is 0 Å². The van der Waals surface area contributed by atoms with Gasteiger partial charge in [0.25, 0.3) is 0 Å². The molecule has 0 aliphatic rings. The highest BCUT2D eigenvalue weighted by atomic mass is 35.5. The van der Waals surface area contributed by atoms with Gasteiger partial charge in [0.2, 0.25) is 0 Å². The summed E-state index contributed by atoms with van der Waals surface area (Å²) in [5.74, 6) is 1.25. The molecule has 5 rings (SSSR count). The van der Waals surface area contributed by atoms with Gasteiger partial charge in [0.1, 0.15) is 29.6 Å². The number of carboxylic acids is 1. The van der Waals surface area contributed by atoms with Crippen molar-refractivity contribution in [3.63, 3.8) is 0 Å². The first-order chi connectivity index (χ1) is 18.3. The monoisotopic (exact) mass is 549 g/mol. The van der Waals surface area contributed by atoms with Crippen molar-refractivity contribution >= 4 is 40.2 Å². The fraction of sp³-hybridized carbons (Fsp3) is 0.207. The Balaban J connectivity index is 1.43. The van der Waals surface area contributed by atoms with Crippen LogP contribution in [-0.4, -0.2) is 25.8 Å². The minimum absolute atomic E-state index is 0.0853. The lowest BCUT2D eigenvalue weighted by Crippen LogP contribution is -2.02. The Bertz CT molecular complexity index is 1620. The number of hydrogen-bond acceptors (Lipinski definition) is 5. The molecule has 9 heteroatoms. The lowest BCUT2D eigenvalue weighted by molar-refractivity contribution is 0.0697. The fourth-order valence-corrected chi connectivity index (χ4v) is 5.06. The minimum Gasteiger partial charge on any atom is -0.489 e. The van der Waals surface area contributed by atoms with E-state index < -0.39 is 5.97 Å². The Hall–Kier alpha value is -3.81. The molecule has 38 heavy (non-hydrogen) atoms. The number of aryl methyl sites for hydroxylation is 1. The normalized spacial score (nSPS) is 11.4. The number of rotatable bonds is 8. The van der Waals surface area contributed by atoms with Crippen LogP contribution >= 0.6 is 23.2 Å². The molecule has 0 saturated heterocycles. The van der Waals surface area contributed by atoms with E-state index in [1.807, 2.05) is 49.6 Å². The van der Waals surface area contributed by atoms with Crippen molar-refractivity contribution in [2.45, 2.75) is 39.8 Å². The highest BCUT2D eigenvalue weighted by molar-refractivity contribution is 6.39. The van der Waals surface area contributed by atoms with Crippen molar-refractivity contribution in [2.24, 2.45) is 0 Å². The molecule has 0 unspecified atom stereocenters. The molecule has 0 amide bonds. The molecular formula is C29H25Cl2N3O4. The lowest BCUT2D eigenvalue weighted by Gasteiger charge is -2.11. The third-order valence-corrected chi connectivity index (χ3v) is 6.98. The summed E-state index contributed by atoms with van der Waals surface area (Å²) in [5, 5.41) is 14.6. The van der Waals surface area contributed by atoms with E-state index in [-0.39, 0.29) is 18.1 Å². The van der Waals surface area contributed by atoms with Gasteiger partial charge < -0.3 is 18.9 Å². The van der Waals surface area contributed by atoms with Crippen LogP contribution in [0, 0.1) is 0 Å². The number of halogens is 2. The number of aromatic carboxylic acids is 1. The third kappa shape index (κ3) is 4.75. The number of carboxylic acid groups (broad SMARTS) is 1. The maximum Gasteiger partial charge on any atom is 0.335 e. The summed E-state index contributed by atoms with van der Waals surface area (Å²) in [4.78, 5) is 16.2. The van der Waals surface area contributed by atoms with Gasteiger partial charge in [-0.1, -0.05) is 48.3 Å². The van der Waals surface area contributed by atoms with Crippen LogP contribution in [0.25, 0.3) is 33.7 Å². The molecular weight excluding hydrogens is 525 g/mol. The molecule has 0 aliphatic carbocycles. The van der Waals surface area contributed by atoms with Gasteiger partial charge in [-0.2, -0.15) is 0 Å². The van der Waals surface area contributed by atoms with E-state index in [2.05, 4.69) is 5.16 Å². The molecule has 194 valence electrons. The van der Waals surface area contributed by atoms with Gasteiger partial charge in [-0.3, -0.25) is 0 Å². The quantitative estimate of drug-likeness (QED) is 0.210. The first kappa shape index (κ1) is 25.8. The van der Waals surface area contributed by atoms with Crippen LogP contribution in [0.4, 0.5) is 0 Å². The number of benzene rings is 3. The maximum absolute atomic E-state index is 11.4. The number of ether oxygens (including phenoxy) is 1. The first-order valence-corrected chi connectivity index (χ1v) is 12.9. The van der Waals surface area contributed by atoms with E-state index in [9.17, 15) is 9.90 Å². The highest BCUT2D eigenvalue weighted by Crippen LogP contribution is 2.39. The third-order valence-electron chi connectivity index (χ3n) is 6.35. The molecule has 0 spiro atoms. The van der Waals surface area contributed by atoms with Gasteiger partial charge in [0, 0.05) is 23.6 Å². The number of aromatic nitrogens is 3. The van der Waals surface area contributed by atoms with Gasteiger partial charge in [-0.25, -0.2) is 9.78 Å². The second kappa shape index (κ2) is 10.5. The molecule has 5 aromatic rings. The lowest BCUT2D eigenvalue weighted by atomic mass is 10.0. The van der Waals surface area contributed by atoms with Gasteiger partial charge in [-0.05, 0) is 61.5 Å². The summed E-state index contributed by atoms with van der Waals surface area (Å²) in [6.45, 7) is 6.92. The summed E-state index contributed by atoms with van der Waals surface area (Å²) >= 11 is 12.9. The Morgan fingerprint density at radius 1 is 1.08 bits per heavy atom. The fourth-order valence-electron chi connectivity index (χ4n) is 4.49. The van der Waals surface area contributed by atoms with Gasteiger partial charge in [0.15, 0.2) is 0 Å². The van der Waals surface area contributed by atoms with Crippen LogP contribution in [0.5, 0.6) is 5.75 Å². The predicted molar refractivity (Wildman–Crippen MR) is 148 cm³/mol.